The van der Waals surface area contributed by atoms with Crippen molar-refractivity contribution in [2.75, 3.05) is 26.4 Å². The topological polar surface area (TPSA) is 42.5 Å². The lowest BCUT2D eigenvalue weighted by Crippen LogP contribution is -2.28. The van der Waals surface area contributed by atoms with Gasteiger partial charge in [0.15, 0.2) is 11.5 Å². The Morgan fingerprint density at radius 2 is 2.16 bits per heavy atom. The van der Waals surface area contributed by atoms with Gasteiger partial charge in [-0.05, 0) is 63.0 Å². The quantitative estimate of drug-likeness (QED) is 0.766. The third-order valence-corrected chi connectivity index (χ3v) is 3.86. The Bertz CT molecular complexity index is 417. The third-order valence-electron chi connectivity index (χ3n) is 3.86. The molecule has 0 spiro atoms. The summed E-state index contributed by atoms with van der Waals surface area (Å²) in [6.07, 6.45) is 4.95. The van der Waals surface area contributed by atoms with E-state index in [4.69, 9.17) is 9.47 Å². The molecule has 1 fully saturated rings. The van der Waals surface area contributed by atoms with Crippen molar-refractivity contribution in [3.8, 4) is 11.5 Å². The molecule has 1 aromatic rings. The maximum absolute atomic E-state index is 5.38. The van der Waals surface area contributed by atoms with Crippen molar-refractivity contribution in [2.24, 2.45) is 0 Å². The number of hydrogen-bond acceptors (Lipinski definition) is 4. The summed E-state index contributed by atoms with van der Waals surface area (Å²) in [5.74, 6) is 1.75. The predicted octanol–water partition coefficient (Wildman–Crippen LogP) is 1.69. The van der Waals surface area contributed by atoms with Crippen LogP contribution in [0, 0.1) is 0 Å². The van der Waals surface area contributed by atoms with E-state index in [0.717, 1.165) is 37.1 Å². The van der Waals surface area contributed by atoms with Gasteiger partial charge in [0, 0.05) is 6.04 Å². The monoisotopic (exact) mass is 262 g/mol. The second-order valence-corrected chi connectivity index (χ2v) is 5.27. The molecule has 3 rings (SSSR count). The van der Waals surface area contributed by atoms with Crippen LogP contribution in [0.2, 0.25) is 0 Å². The summed E-state index contributed by atoms with van der Waals surface area (Å²) in [6.45, 7) is 3.67. The molecular formula is C15H22N2O2. The lowest BCUT2D eigenvalue weighted by atomic mass is 10.1. The van der Waals surface area contributed by atoms with E-state index in [-0.39, 0.29) is 0 Å². The molecule has 1 atom stereocenters. The van der Waals surface area contributed by atoms with Crippen molar-refractivity contribution in [1.82, 2.24) is 10.6 Å². The average Bonchev–Trinajstić information content (AvgIpc) is 3.08. The summed E-state index contributed by atoms with van der Waals surface area (Å²) in [7, 11) is 0. The number of fused-ring (bicyclic) bond motifs is 1. The van der Waals surface area contributed by atoms with E-state index in [1.165, 1.54) is 31.4 Å². The van der Waals surface area contributed by atoms with Gasteiger partial charge >= 0.3 is 0 Å². The standard InChI is InChI=1S/C15H22N2O2/c1-2-13(17-7-1)6-9-16-8-5-12-3-4-14-15(10-12)19-11-18-14/h3-4,10,13,16-17H,1-2,5-9,11H2. The number of ether oxygens (including phenoxy) is 2. The molecule has 1 aromatic carbocycles. The second kappa shape index (κ2) is 6.26. The zero-order valence-electron chi connectivity index (χ0n) is 11.3. The highest BCUT2D eigenvalue weighted by molar-refractivity contribution is 5.44. The molecule has 0 bridgehead atoms. The van der Waals surface area contributed by atoms with E-state index >= 15 is 0 Å². The first-order chi connectivity index (χ1) is 9.42. The maximum Gasteiger partial charge on any atom is 0.231 e. The Hall–Kier alpha value is -1.26. The van der Waals surface area contributed by atoms with Crippen LogP contribution < -0.4 is 20.1 Å². The van der Waals surface area contributed by atoms with E-state index in [0.29, 0.717) is 6.79 Å². The lowest BCUT2D eigenvalue weighted by molar-refractivity contribution is 0.174. The molecule has 1 unspecified atom stereocenters. The summed E-state index contributed by atoms with van der Waals surface area (Å²) in [5.41, 5.74) is 1.30. The fraction of sp³-hybridized carbons (Fsp3) is 0.600. The van der Waals surface area contributed by atoms with Crippen LogP contribution in [0.4, 0.5) is 0 Å². The maximum atomic E-state index is 5.38. The van der Waals surface area contributed by atoms with Crippen molar-refractivity contribution in [2.45, 2.75) is 31.7 Å². The van der Waals surface area contributed by atoms with Crippen molar-refractivity contribution >= 4 is 0 Å². The Kier molecular flexibility index (Phi) is 4.20. The zero-order valence-corrected chi connectivity index (χ0v) is 11.3. The summed E-state index contributed by atoms with van der Waals surface area (Å²) in [4.78, 5) is 0. The number of benzene rings is 1. The van der Waals surface area contributed by atoms with Gasteiger partial charge in [0.2, 0.25) is 6.79 Å². The third kappa shape index (κ3) is 3.39. The minimum atomic E-state index is 0.353. The fourth-order valence-electron chi connectivity index (χ4n) is 2.73. The van der Waals surface area contributed by atoms with Gasteiger partial charge in [0.25, 0.3) is 0 Å². The lowest BCUT2D eigenvalue weighted by Gasteiger charge is -2.10. The van der Waals surface area contributed by atoms with E-state index in [1.807, 2.05) is 6.07 Å². The molecule has 4 heteroatoms. The molecule has 2 heterocycles. The molecule has 0 aliphatic carbocycles. The van der Waals surface area contributed by atoms with Gasteiger partial charge in [-0.3, -0.25) is 0 Å². The molecular weight excluding hydrogens is 240 g/mol. The molecule has 4 nitrogen and oxygen atoms in total. The molecule has 1 saturated heterocycles. The van der Waals surface area contributed by atoms with Gasteiger partial charge in [-0.15, -0.1) is 0 Å². The van der Waals surface area contributed by atoms with Gasteiger partial charge < -0.3 is 20.1 Å². The minimum absolute atomic E-state index is 0.353. The van der Waals surface area contributed by atoms with Crippen molar-refractivity contribution in [1.29, 1.82) is 0 Å². The Labute approximate surface area is 114 Å². The molecule has 0 aromatic heterocycles. The normalized spacial score (nSPS) is 20.9. The van der Waals surface area contributed by atoms with Crippen LogP contribution >= 0.6 is 0 Å². The predicted molar refractivity (Wildman–Crippen MR) is 74.8 cm³/mol. The fourth-order valence-corrected chi connectivity index (χ4v) is 2.73. The molecule has 2 aliphatic heterocycles. The molecule has 0 saturated carbocycles. The smallest absolute Gasteiger partial charge is 0.231 e. The van der Waals surface area contributed by atoms with Crippen LogP contribution in [-0.4, -0.2) is 32.5 Å². The SMILES string of the molecule is c1cc2c(cc1CCNCCC1CCCN1)OCO2. The van der Waals surface area contributed by atoms with Crippen molar-refractivity contribution in [3.63, 3.8) is 0 Å². The van der Waals surface area contributed by atoms with E-state index in [1.54, 1.807) is 0 Å². The second-order valence-electron chi connectivity index (χ2n) is 5.27. The van der Waals surface area contributed by atoms with Gasteiger partial charge in [0.1, 0.15) is 0 Å². The van der Waals surface area contributed by atoms with Crippen LogP contribution in [0.5, 0.6) is 11.5 Å². The van der Waals surface area contributed by atoms with Crippen LogP contribution in [0.15, 0.2) is 18.2 Å². The van der Waals surface area contributed by atoms with Crippen molar-refractivity contribution < 1.29 is 9.47 Å². The highest BCUT2D eigenvalue weighted by atomic mass is 16.7. The number of rotatable bonds is 6. The van der Waals surface area contributed by atoms with E-state index in [2.05, 4.69) is 22.8 Å². The molecule has 0 radical (unpaired) electrons. The highest BCUT2D eigenvalue weighted by Gasteiger charge is 2.14. The molecule has 104 valence electrons. The molecule has 2 aliphatic rings. The Morgan fingerprint density at radius 3 is 3.05 bits per heavy atom. The molecule has 2 N–H and O–H groups in total. The van der Waals surface area contributed by atoms with Gasteiger partial charge in [-0.1, -0.05) is 6.07 Å². The largest absolute Gasteiger partial charge is 0.454 e. The summed E-state index contributed by atoms with van der Waals surface area (Å²) in [5, 5.41) is 7.04. The molecule has 0 amide bonds. The van der Waals surface area contributed by atoms with Gasteiger partial charge in [-0.2, -0.15) is 0 Å². The van der Waals surface area contributed by atoms with Crippen LogP contribution in [0.25, 0.3) is 0 Å². The van der Waals surface area contributed by atoms with Gasteiger partial charge in [0.05, 0.1) is 0 Å². The van der Waals surface area contributed by atoms with E-state index in [9.17, 15) is 0 Å². The Balaban J connectivity index is 1.35. The minimum Gasteiger partial charge on any atom is -0.454 e. The number of nitrogens with one attached hydrogen (secondary N) is 2. The zero-order chi connectivity index (χ0) is 12.9. The van der Waals surface area contributed by atoms with Crippen LogP contribution in [0.1, 0.15) is 24.8 Å². The van der Waals surface area contributed by atoms with Crippen molar-refractivity contribution in [3.05, 3.63) is 23.8 Å². The summed E-state index contributed by atoms with van der Waals surface area (Å²) >= 11 is 0. The van der Waals surface area contributed by atoms with Gasteiger partial charge in [-0.25, -0.2) is 0 Å². The number of hydrogen-bond donors (Lipinski definition) is 2. The first kappa shape index (κ1) is 12.8. The first-order valence-corrected chi connectivity index (χ1v) is 7.24. The first-order valence-electron chi connectivity index (χ1n) is 7.24. The van der Waals surface area contributed by atoms with Crippen LogP contribution in [0.3, 0.4) is 0 Å². The van der Waals surface area contributed by atoms with E-state index < -0.39 is 0 Å². The highest BCUT2D eigenvalue weighted by Crippen LogP contribution is 2.32. The summed E-state index contributed by atoms with van der Waals surface area (Å²) < 4.78 is 10.7. The summed E-state index contributed by atoms with van der Waals surface area (Å²) in [6, 6.07) is 6.94. The van der Waals surface area contributed by atoms with Crippen LogP contribution in [-0.2, 0) is 6.42 Å². The Morgan fingerprint density at radius 1 is 1.21 bits per heavy atom. The average molecular weight is 262 g/mol. The molecule has 19 heavy (non-hydrogen) atoms.